The summed E-state index contributed by atoms with van der Waals surface area (Å²) in [5.41, 5.74) is 1.63. The SMILES string of the molecule is CC(C)(C)OC(=O)N1Cc2cn(-c3ccnc(OCc4ccc(C#N)cc4F)n3)nc2C1. The number of aromatic nitrogens is 4. The third-order valence-electron chi connectivity index (χ3n) is 4.62. The van der Waals surface area contributed by atoms with Crippen molar-refractivity contribution in [3.63, 3.8) is 0 Å². The number of halogens is 1. The van der Waals surface area contributed by atoms with Crippen LogP contribution in [0.25, 0.3) is 5.82 Å². The lowest BCUT2D eigenvalue weighted by atomic mass is 10.1. The van der Waals surface area contributed by atoms with Gasteiger partial charge in [-0.1, -0.05) is 6.07 Å². The molecule has 1 aliphatic heterocycles. The summed E-state index contributed by atoms with van der Waals surface area (Å²) >= 11 is 0. The fourth-order valence-electron chi connectivity index (χ4n) is 3.13. The molecule has 32 heavy (non-hydrogen) atoms. The second kappa shape index (κ2) is 8.26. The molecule has 1 aromatic carbocycles. The summed E-state index contributed by atoms with van der Waals surface area (Å²) in [6.07, 6.45) is 2.94. The van der Waals surface area contributed by atoms with E-state index >= 15 is 0 Å². The Hall–Kier alpha value is -4.00. The predicted octanol–water partition coefficient (Wildman–Crippen LogP) is 3.50. The summed E-state index contributed by atoms with van der Waals surface area (Å²) in [7, 11) is 0. The first-order chi connectivity index (χ1) is 15.2. The fraction of sp³-hybridized carbons (Fsp3) is 0.318. The predicted molar refractivity (Wildman–Crippen MR) is 110 cm³/mol. The molecule has 10 heteroatoms. The first kappa shape index (κ1) is 21.2. The van der Waals surface area contributed by atoms with Crippen LogP contribution in [0, 0.1) is 17.1 Å². The van der Waals surface area contributed by atoms with E-state index in [0.717, 1.165) is 17.3 Å². The van der Waals surface area contributed by atoms with Gasteiger partial charge in [-0.25, -0.2) is 18.9 Å². The van der Waals surface area contributed by atoms with Gasteiger partial charge in [-0.15, -0.1) is 0 Å². The Bertz CT molecular complexity index is 1190. The molecule has 164 valence electrons. The number of hydrogen-bond acceptors (Lipinski definition) is 7. The van der Waals surface area contributed by atoms with Crippen LogP contribution in [0.15, 0.2) is 36.7 Å². The average molecular weight is 436 g/mol. The third kappa shape index (κ3) is 4.67. The van der Waals surface area contributed by atoms with E-state index in [0.29, 0.717) is 24.5 Å². The van der Waals surface area contributed by atoms with Crippen LogP contribution < -0.4 is 4.74 Å². The van der Waals surface area contributed by atoms with Gasteiger partial charge in [0.15, 0.2) is 5.82 Å². The minimum absolute atomic E-state index is 0.0669. The zero-order chi connectivity index (χ0) is 22.9. The Morgan fingerprint density at radius 3 is 2.78 bits per heavy atom. The Morgan fingerprint density at radius 1 is 1.28 bits per heavy atom. The number of ether oxygens (including phenoxy) is 2. The molecule has 0 saturated carbocycles. The van der Waals surface area contributed by atoms with Crippen LogP contribution in [-0.2, 0) is 24.4 Å². The van der Waals surface area contributed by atoms with E-state index in [1.165, 1.54) is 18.3 Å². The van der Waals surface area contributed by atoms with Crippen LogP contribution >= 0.6 is 0 Å². The van der Waals surface area contributed by atoms with E-state index in [1.54, 1.807) is 21.8 Å². The van der Waals surface area contributed by atoms with Gasteiger partial charge in [-0.05, 0) is 32.9 Å². The lowest BCUT2D eigenvalue weighted by Crippen LogP contribution is -2.33. The van der Waals surface area contributed by atoms with Gasteiger partial charge in [-0.2, -0.15) is 15.3 Å². The quantitative estimate of drug-likeness (QED) is 0.616. The van der Waals surface area contributed by atoms with E-state index in [1.807, 2.05) is 26.8 Å². The molecule has 3 heterocycles. The van der Waals surface area contributed by atoms with Crippen molar-refractivity contribution in [2.24, 2.45) is 0 Å². The number of nitriles is 1. The topological polar surface area (TPSA) is 106 Å². The minimum atomic E-state index is -0.560. The van der Waals surface area contributed by atoms with Gasteiger partial charge in [0, 0.05) is 29.6 Å². The molecule has 0 fully saturated rings. The summed E-state index contributed by atoms with van der Waals surface area (Å²) in [4.78, 5) is 22.2. The van der Waals surface area contributed by atoms with Gasteiger partial charge < -0.3 is 9.47 Å². The molecule has 0 spiro atoms. The zero-order valence-electron chi connectivity index (χ0n) is 17.9. The molecule has 4 rings (SSSR count). The fourth-order valence-corrected chi connectivity index (χ4v) is 3.13. The maximum atomic E-state index is 14.0. The first-order valence-corrected chi connectivity index (χ1v) is 9.92. The van der Waals surface area contributed by atoms with Crippen molar-refractivity contribution in [2.75, 3.05) is 0 Å². The van der Waals surface area contributed by atoms with E-state index in [-0.39, 0.29) is 24.3 Å². The summed E-state index contributed by atoms with van der Waals surface area (Å²) in [6.45, 7) is 6.14. The van der Waals surface area contributed by atoms with Crippen molar-refractivity contribution in [1.82, 2.24) is 24.6 Å². The minimum Gasteiger partial charge on any atom is -0.458 e. The van der Waals surface area contributed by atoms with Crippen molar-refractivity contribution < 1.29 is 18.7 Å². The monoisotopic (exact) mass is 436 g/mol. The van der Waals surface area contributed by atoms with E-state index < -0.39 is 11.4 Å². The normalized spacial score (nSPS) is 12.9. The second-order valence-corrected chi connectivity index (χ2v) is 8.29. The number of fused-ring (bicyclic) bond motifs is 1. The summed E-state index contributed by atoms with van der Waals surface area (Å²) < 4.78 is 26.6. The molecule has 1 aliphatic rings. The van der Waals surface area contributed by atoms with Gasteiger partial charge in [0.05, 0.1) is 30.4 Å². The van der Waals surface area contributed by atoms with Gasteiger partial charge >= 0.3 is 12.1 Å². The molecule has 2 aromatic heterocycles. The van der Waals surface area contributed by atoms with Crippen molar-refractivity contribution in [3.8, 4) is 17.9 Å². The highest BCUT2D eigenvalue weighted by atomic mass is 19.1. The molecule has 1 amide bonds. The van der Waals surface area contributed by atoms with Crippen LogP contribution in [0.1, 0.15) is 43.2 Å². The molecule has 0 bridgehead atoms. The highest BCUT2D eigenvalue weighted by Gasteiger charge is 2.30. The largest absolute Gasteiger partial charge is 0.458 e. The number of carbonyl (C=O) groups excluding carboxylic acids is 1. The molecule has 3 aromatic rings. The van der Waals surface area contributed by atoms with Crippen LogP contribution in [0.2, 0.25) is 0 Å². The van der Waals surface area contributed by atoms with Gasteiger partial charge in [0.25, 0.3) is 0 Å². The van der Waals surface area contributed by atoms with Crippen LogP contribution in [-0.4, -0.2) is 36.3 Å². The number of carbonyl (C=O) groups is 1. The van der Waals surface area contributed by atoms with Crippen molar-refractivity contribution in [3.05, 3.63) is 64.9 Å². The number of rotatable bonds is 4. The van der Waals surface area contributed by atoms with Gasteiger partial charge in [0.2, 0.25) is 0 Å². The van der Waals surface area contributed by atoms with Gasteiger partial charge in [0.1, 0.15) is 18.0 Å². The molecular weight excluding hydrogens is 415 g/mol. The molecular formula is C22H21FN6O3. The lowest BCUT2D eigenvalue weighted by Gasteiger charge is -2.24. The average Bonchev–Trinajstić information content (AvgIpc) is 3.31. The van der Waals surface area contributed by atoms with E-state index in [9.17, 15) is 9.18 Å². The molecule has 0 radical (unpaired) electrons. The summed E-state index contributed by atoms with van der Waals surface area (Å²) in [5, 5.41) is 13.3. The Labute approximate surface area is 184 Å². The highest BCUT2D eigenvalue weighted by Crippen LogP contribution is 2.25. The second-order valence-electron chi connectivity index (χ2n) is 8.29. The summed E-state index contributed by atoms with van der Waals surface area (Å²) in [5.74, 6) is -0.0493. The molecule has 0 N–H and O–H groups in total. The maximum absolute atomic E-state index is 14.0. The van der Waals surface area contributed by atoms with Crippen LogP contribution in [0.4, 0.5) is 9.18 Å². The lowest BCUT2D eigenvalue weighted by molar-refractivity contribution is 0.0239. The van der Waals surface area contributed by atoms with E-state index in [2.05, 4.69) is 15.1 Å². The number of amides is 1. The third-order valence-corrected chi connectivity index (χ3v) is 4.62. The smallest absolute Gasteiger partial charge is 0.410 e. The molecule has 0 aliphatic carbocycles. The number of benzene rings is 1. The van der Waals surface area contributed by atoms with Crippen LogP contribution in [0.5, 0.6) is 6.01 Å². The Kier molecular flexibility index (Phi) is 5.48. The number of hydrogen-bond donors (Lipinski definition) is 0. The Morgan fingerprint density at radius 2 is 2.09 bits per heavy atom. The van der Waals surface area contributed by atoms with Crippen molar-refractivity contribution in [2.45, 2.75) is 46.1 Å². The van der Waals surface area contributed by atoms with Gasteiger partial charge in [-0.3, -0.25) is 4.90 Å². The summed E-state index contributed by atoms with van der Waals surface area (Å²) in [6, 6.07) is 7.79. The van der Waals surface area contributed by atoms with Crippen molar-refractivity contribution in [1.29, 1.82) is 5.26 Å². The molecule has 9 nitrogen and oxygen atoms in total. The first-order valence-electron chi connectivity index (χ1n) is 9.92. The zero-order valence-corrected chi connectivity index (χ0v) is 17.9. The molecule has 0 saturated heterocycles. The Balaban J connectivity index is 1.43. The van der Waals surface area contributed by atoms with E-state index in [4.69, 9.17) is 14.7 Å². The standard InChI is InChI=1S/C22H21FN6O3/c1-22(2,3)32-21(30)28-10-16-11-29(27-18(16)12-28)19-6-7-25-20(26-19)31-13-15-5-4-14(9-24)8-17(15)23/h4-8,11H,10,12-13H2,1-3H3. The van der Waals surface area contributed by atoms with Crippen molar-refractivity contribution >= 4 is 6.09 Å². The molecule has 0 unspecified atom stereocenters. The number of nitrogens with zero attached hydrogens (tertiary/aromatic N) is 6. The molecule has 0 atom stereocenters. The maximum Gasteiger partial charge on any atom is 0.410 e. The highest BCUT2D eigenvalue weighted by molar-refractivity contribution is 5.69. The van der Waals surface area contributed by atoms with Crippen LogP contribution in [0.3, 0.4) is 0 Å².